The first-order valence-electron chi connectivity index (χ1n) is 4.82. The molecule has 2 aromatic heterocycles. The Morgan fingerprint density at radius 2 is 2.36 bits per heavy atom. The van der Waals surface area contributed by atoms with Crippen LogP contribution in [0.5, 0.6) is 0 Å². The summed E-state index contributed by atoms with van der Waals surface area (Å²) in [5.74, 6) is 0.948. The van der Waals surface area contributed by atoms with Gasteiger partial charge in [-0.05, 0) is 25.1 Å². The molecule has 0 aliphatic heterocycles. The van der Waals surface area contributed by atoms with E-state index >= 15 is 0 Å². The normalized spacial score (nSPS) is 11.0. The molecule has 4 heteroatoms. The molecule has 0 saturated carbocycles. The number of nitrogens with zero attached hydrogens (tertiary/aromatic N) is 2. The van der Waals surface area contributed by atoms with Gasteiger partial charge in [0, 0.05) is 6.20 Å². The lowest BCUT2D eigenvalue weighted by Crippen LogP contribution is -2.12. The molecule has 0 bridgehead atoms. The highest BCUT2D eigenvalue weighted by Gasteiger charge is 2.04. The first kappa shape index (κ1) is 9.15. The number of aromatic amines is 1. The summed E-state index contributed by atoms with van der Waals surface area (Å²) in [7, 11) is 0. The van der Waals surface area contributed by atoms with E-state index in [1.807, 2.05) is 6.07 Å². The minimum Gasteiger partial charge on any atom is -0.339 e. The van der Waals surface area contributed by atoms with E-state index in [4.69, 9.17) is 0 Å². The Bertz CT molecular complexity index is 433. The molecule has 0 aliphatic rings. The molecule has 0 aromatic carbocycles. The molecule has 74 valence electrons. The Hall–Kier alpha value is -1.42. The maximum Gasteiger partial charge on any atom is 0.178 e. The van der Waals surface area contributed by atoms with Gasteiger partial charge >= 0.3 is 0 Å². The molecule has 14 heavy (non-hydrogen) atoms. The van der Waals surface area contributed by atoms with E-state index < -0.39 is 0 Å². The summed E-state index contributed by atoms with van der Waals surface area (Å²) in [6, 6.07) is 1.98. The third-order valence-electron chi connectivity index (χ3n) is 2.19. The van der Waals surface area contributed by atoms with Crippen LogP contribution in [0.15, 0.2) is 12.3 Å². The lowest BCUT2D eigenvalue weighted by Gasteiger charge is -1.95. The molecule has 0 spiro atoms. The molecule has 0 saturated heterocycles. The summed E-state index contributed by atoms with van der Waals surface area (Å²) in [4.78, 5) is 11.8. The summed E-state index contributed by atoms with van der Waals surface area (Å²) in [6.45, 7) is 5.85. The van der Waals surface area contributed by atoms with E-state index in [0.717, 1.165) is 30.1 Å². The van der Waals surface area contributed by atoms with Gasteiger partial charge in [-0.2, -0.15) is 0 Å². The van der Waals surface area contributed by atoms with Crippen LogP contribution in [0, 0.1) is 6.92 Å². The smallest absolute Gasteiger partial charge is 0.178 e. The van der Waals surface area contributed by atoms with Crippen molar-refractivity contribution in [2.45, 2.75) is 20.4 Å². The van der Waals surface area contributed by atoms with E-state index in [1.54, 1.807) is 6.20 Å². The molecule has 4 nitrogen and oxygen atoms in total. The number of aryl methyl sites for hydroxylation is 1. The molecule has 2 aromatic rings. The minimum atomic E-state index is 0.770. The number of rotatable bonds is 3. The van der Waals surface area contributed by atoms with Crippen LogP contribution in [-0.4, -0.2) is 21.5 Å². The topological polar surface area (TPSA) is 53.6 Å². The van der Waals surface area contributed by atoms with Crippen molar-refractivity contribution in [2.75, 3.05) is 6.54 Å². The van der Waals surface area contributed by atoms with Gasteiger partial charge in [-0.1, -0.05) is 6.92 Å². The Morgan fingerprint density at radius 3 is 3.07 bits per heavy atom. The highest BCUT2D eigenvalue weighted by atomic mass is 15.0. The van der Waals surface area contributed by atoms with Crippen molar-refractivity contribution in [3.8, 4) is 0 Å². The second-order valence-electron chi connectivity index (χ2n) is 3.29. The Kier molecular flexibility index (Phi) is 2.45. The predicted molar refractivity (Wildman–Crippen MR) is 56.0 cm³/mol. The fraction of sp³-hybridized carbons (Fsp3) is 0.400. The number of aromatic nitrogens is 3. The summed E-state index contributed by atoms with van der Waals surface area (Å²) >= 11 is 0. The SMILES string of the molecule is CCNCc1nc2nccc(C)c2[nH]1. The lowest BCUT2D eigenvalue weighted by atomic mass is 10.3. The highest BCUT2D eigenvalue weighted by Crippen LogP contribution is 2.12. The zero-order chi connectivity index (χ0) is 9.97. The fourth-order valence-corrected chi connectivity index (χ4v) is 1.41. The van der Waals surface area contributed by atoms with Crippen molar-refractivity contribution in [3.05, 3.63) is 23.7 Å². The van der Waals surface area contributed by atoms with Gasteiger partial charge in [0.25, 0.3) is 0 Å². The van der Waals surface area contributed by atoms with E-state index in [1.165, 1.54) is 5.56 Å². The molecular weight excluding hydrogens is 176 g/mol. The van der Waals surface area contributed by atoms with Crippen LogP contribution < -0.4 is 5.32 Å². The fourth-order valence-electron chi connectivity index (χ4n) is 1.41. The van der Waals surface area contributed by atoms with Crippen LogP contribution in [0.1, 0.15) is 18.3 Å². The third kappa shape index (κ3) is 1.61. The van der Waals surface area contributed by atoms with Gasteiger partial charge in [-0.15, -0.1) is 0 Å². The lowest BCUT2D eigenvalue weighted by molar-refractivity contribution is 0.699. The molecule has 0 atom stereocenters. The van der Waals surface area contributed by atoms with Crippen LogP contribution in [0.2, 0.25) is 0 Å². The molecule has 2 N–H and O–H groups in total. The monoisotopic (exact) mass is 190 g/mol. The Balaban J connectivity index is 2.36. The van der Waals surface area contributed by atoms with Crippen molar-refractivity contribution < 1.29 is 0 Å². The van der Waals surface area contributed by atoms with E-state index in [-0.39, 0.29) is 0 Å². The molecule has 2 rings (SSSR count). The second kappa shape index (κ2) is 3.75. The van der Waals surface area contributed by atoms with Crippen LogP contribution in [-0.2, 0) is 6.54 Å². The van der Waals surface area contributed by atoms with E-state index in [2.05, 4.69) is 34.1 Å². The number of nitrogens with one attached hydrogen (secondary N) is 2. The van der Waals surface area contributed by atoms with Crippen molar-refractivity contribution in [1.82, 2.24) is 20.3 Å². The zero-order valence-corrected chi connectivity index (χ0v) is 8.46. The van der Waals surface area contributed by atoms with Gasteiger partial charge in [0.15, 0.2) is 5.65 Å². The number of hydrogen-bond donors (Lipinski definition) is 2. The number of fused-ring (bicyclic) bond motifs is 1. The van der Waals surface area contributed by atoms with Crippen molar-refractivity contribution in [1.29, 1.82) is 0 Å². The summed E-state index contributed by atoms with van der Waals surface area (Å²) in [5, 5.41) is 3.22. The van der Waals surface area contributed by atoms with Crippen LogP contribution in [0.4, 0.5) is 0 Å². The number of hydrogen-bond acceptors (Lipinski definition) is 3. The third-order valence-corrected chi connectivity index (χ3v) is 2.19. The number of H-pyrrole nitrogens is 1. The van der Waals surface area contributed by atoms with Gasteiger partial charge in [-0.25, -0.2) is 9.97 Å². The quantitative estimate of drug-likeness (QED) is 0.768. The van der Waals surface area contributed by atoms with Crippen LogP contribution in [0.25, 0.3) is 11.2 Å². The molecule has 0 fully saturated rings. The van der Waals surface area contributed by atoms with Gasteiger partial charge in [-0.3, -0.25) is 0 Å². The summed E-state index contributed by atoms with van der Waals surface area (Å²) < 4.78 is 0. The average Bonchev–Trinajstić information content (AvgIpc) is 2.59. The first-order chi connectivity index (χ1) is 6.81. The molecule has 2 heterocycles. The van der Waals surface area contributed by atoms with Crippen molar-refractivity contribution >= 4 is 11.2 Å². The standard InChI is InChI=1S/C10H14N4/c1-3-11-6-8-13-9-7(2)4-5-12-10(9)14-8/h4-5,11H,3,6H2,1-2H3,(H,12,13,14). The maximum atomic E-state index is 4.38. The molecular formula is C10H14N4. The van der Waals surface area contributed by atoms with Gasteiger partial charge in [0.05, 0.1) is 12.1 Å². The Labute approximate surface area is 82.8 Å². The molecule has 0 aliphatic carbocycles. The van der Waals surface area contributed by atoms with Gasteiger partial charge in [0.1, 0.15) is 5.82 Å². The summed E-state index contributed by atoms with van der Waals surface area (Å²) in [5.41, 5.74) is 3.03. The van der Waals surface area contributed by atoms with Crippen LogP contribution in [0.3, 0.4) is 0 Å². The number of pyridine rings is 1. The maximum absolute atomic E-state index is 4.38. The summed E-state index contributed by atoms with van der Waals surface area (Å²) in [6.07, 6.45) is 1.79. The largest absolute Gasteiger partial charge is 0.339 e. The Morgan fingerprint density at radius 1 is 1.50 bits per heavy atom. The van der Waals surface area contributed by atoms with Crippen LogP contribution >= 0.6 is 0 Å². The average molecular weight is 190 g/mol. The minimum absolute atomic E-state index is 0.770. The molecule has 0 amide bonds. The van der Waals surface area contributed by atoms with Crippen molar-refractivity contribution in [3.63, 3.8) is 0 Å². The highest BCUT2D eigenvalue weighted by molar-refractivity contribution is 5.74. The zero-order valence-electron chi connectivity index (χ0n) is 8.46. The molecule has 0 radical (unpaired) electrons. The van der Waals surface area contributed by atoms with E-state index in [9.17, 15) is 0 Å². The molecule has 0 unspecified atom stereocenters. The van der Waals surface area contributed by atoms with E-state index in [0.29, 0.717) is 0 Å². The number of imidazole rings is 1. The predicted octanol–water partition coefficient (Wildman–Crippen LogP) is 1.38. The first-order valence-corrected chi connectivity index (χ1v) is 4.82. The van der Waals surface area contributed by atoms with Crippen molar-refractivity contribution in [2.24, 2.45) is 0 Å². The van der Waals surface area contributed by atoms with Gasteiger partial charge < -0.3 is 10.3 Å². The second-order valence-corrected chi connectivity index (χ2v) is 3.29. The van der Waals surface area contributed by atoms with Gasteiger partial charge in [0.2, 0.25) is 0 Å².